The molecule has 2 heteroatoms. The van der Waals surface area contributed by atoms with Crippen molar-refractivity contribution in [3.8, 4) is 5.75 Å². The molecule has 0 radical (unpaired) electrons. The van der Waals surface area contributed by atoms with E-state index in [4.69, 9.17) is 4.74 Å². The third-order valence-corrected chi connectivity index (χ3v) is 5.03. The van der Waals surface area contributed by atoms with Gasteiger partial charge in [-0.25, -0.2) is 0 Å². The van der Waals surface area contributed by atoms with Gasteiger partial charge in [-0.15, -0.1) is 0 Å². The van der Waals surface area contributed by atoms with Crippen molar-refractivity contribution in [1.82, 2.24) is 5.32 Å². The van der Waals surface area contributed by atoms with Gasteiger partial charge in [-0.3, -0.25) is 0 Å². The van der Waals surface area contributed by atoms with Crippen LogP contribution in [-0.2, 0) is 0 Å². The summed E-state index contributed by atoms with van der Waals surface area (Å²) in [5, 5.41) is 3.89. The highest BCUT2D eigenvalue weighted by atomic mass is 16.5. The fourth-order valence-corrected chi connectivity index (χ4v) is 3.78. The molecule has 0 aromatic heterocycles. The first-order chi connectivity index (χ1) is 9.84. The van der Waals surface area contributed by atoms with Gasteiger partial charge >= 0.3 is 0 Å². The van der Waals surface area contributed by atoms with Crippen LogP contribution < -0.4 is 10.1 Å². The second-order valence-corrected chi connectivity index (χ2v) is 6.43. The van der Waals surface area contributed by atoms with Gasteiger partial charge in [0.15, 0.2) is 0 Å². The molecule has 1 saturated carbocycles. The topological polar surface area (TPSA) is 21.3 Å². The Hall–Kier alpha value is -1.02. The molecule has 1 fully saturated rings. The molecule has 2 aliphatic rings. The number of benzene rings is 1. The molecule has 1 aliphatic carbocycles. The summed E-state index contributed by atoms with van der Waals surface area (Å²) in [6.07, 6.45) is 9.60. The maximum atomic E-state index is 5.76. The Balaban J connectivity index is 1.65. The van der Waals surface area contributed by atoms with Crippen molar-refractivity contribution < 1.29 is 4.74 Å². The minimum Gasteiger partial charge on any atom is -0.493 e. The van der Waals surface area contributed by atoms with Gasteiger partial charge in [-0.2, -0.15) is 0 Å². The molecule has 1 aromatic rings. The highest BCUT2D eigenvalue weighted by Gasteiger charge is 2.25. The highest BCUT2D eigenvalue weighted by Crippen LogP contribution is 2.33. The van der Waals surface area contributed by atoms with Crippen molar-refractivity contribution in [1.29, 1.82) is 0 Å². The number of para-hydroxylation sites is 1. The Morgan fingerprint density at radius 2 is 1.80 bits per heavy atom. The van der Waals surface area contributed by atoms with Gasteiger partial charge in [0.05, 0.1) is 6.61 Å². The van der Waals surface area contributed by atoms with Gasteiger partial charge in [-0.1, -0.05) is 43.9 Å². The standard InChI is InChI=1S/C18H27NO/c1-14(15-8-4-2-3-5-9-15)19-17-12-13-20-18-11-7-6-10-16(17)18/h6-7,10-11,14-15,17,19H,2-5,8-9,12-13H2,1H3/t14-,17?/m1/s1. The first-order valence-electron chi connectivity index (χ1n) is 8.32. The van der Waals surface area contributed by atoms with Crippen LogP contribution in [0.5, 0.6) is 5.75 Å². The van der Waals surface area contributed by atoms with Gasteiger partial charge in [-0.05, 0) is 31.7 Å². The van der Waals surface area contributed by atoms with Gasteiger partial charge < -0.3 is 10.1 Å². The SMILES string of the molecule is C[C@@H](NC1CCOc2ccccc21)C1CCCCCC1. The Kier molecular flexibility index (Phi) is 4.62. The van der Waals surface area contributed by atoms with E-state index in [1.165, 1.54) is 44.1 Å². The summed E-state index contributed by atoms with van der Waals surface area (Å²) in [5.74, 6) is 1.93. The first kappa shape index (κ1) is 13.9. The molecule has 1 aliphatic heterocycles. The van der Waals surface area contributed by atoms with Crippen LogP contribution in [0.2, 0.25) is 0 Å². The molecule has 1 unspecified atom stereocenters. The molecule has 110 valence electrons. The average Bonchev–Trinajstić information content (AvgIpc) is 2.77. The predicted molar refractivity (Wildman–Crippen MR) is 83.1 cm³/mol. The second kappa shape index (κ2) is 6.62. The molecule has 20 heavy (non-hydrogen) atoms. The summed E-state index contributed by atoms with van der Waals surface area (Å²) >= 11 is 0. The minimum absolute atomic E-state index is 0.471. The van der Waals surface area contributed by atoms with Crippen molar-refractivity contribution in [3.63, 3.8) is 0 Å². The van der Waals surface area contributed by atoms with Crippen LogP contribution in [0.15, 0.2) is 24.3 Å². The van der Waals surface area contributed by atoms with Crippen molar-refractivity contribution in [2.45, 2.75) is 64.0 Å². The Labute approximate surface area is 122 Å². The Bertz CT molecular complexity index is 423. The smallest absolute Gasteiger partial charge is 0.124 e. The number of ether oxygens (including phenoxy) is 1. The summed E-state index contributed by atoms with van der Waals surface area (Å²) in [4.78, 5) is 0. The summed E-state index contributed by atoms with van der Waals surface area (Å²) in [6, 6.07) is 9.59. The normalized spacial score (nSPS) is 25.4. The summed E-state index contributed by atoms with van der Waals surface area (Å²) in [6.45, 7) is 3.22. The van der Waals surface area contributed by atoms with Gasteiger partial charge in [0, 0.05) is 24.1 Å². The molecule has 0 amide bonds. The van der Waals surface area contributed by atoms with E-state index in [0.717, 1.165) is 24.7 Å². The number of hydrogen-bond acceptors (Lipinski definition) is 2. The summed E-state index contributed by atoms with van der Waals surface area (Å²) in [5.41, 5.74) is 1.35. The first-order valence-corrected chi connectivity index (χ1v) is 8.32. The van der Waals surface area contributed by atoms with E-state index < -0.39 is 0 Å². The zero-order valence-corrected chi connectivity index (χ0v) is 12.6. The molecule has 3 rings (SSSR count). The van der Waals surface area contributed by atoms with Crippen LogP contribution in [0.3, 0.4) is 0 Å². The fraction of sp³-hybridized carbons (Fsp3) is 0.667. The molecule has 0 saturated heterocycles. The van der Waals surface area contributed by atoms with E-state index in [9.17, 15) is 0 Å². The molecule has 2 atom stereocenters. The number of fused-ring (bicyclic) bond motifs is 1. The second-order valence-electron chi connectivity index (χ2n) is 6.43. The van der Waals surface area contributed by atoms with Gasteiger partial charge in [0.25, 0.3) is 0 Å². The van der Waals surface area contributed by atoms with Crippen molar-refractivity contribution in [3.05, 3.63) is 29.8 Å². The highest BCUT2D eigenvalue weighted by molar-refractivity contribution is 5.37. The lowest BCUT2D eigenvalue weighted by Crippen LogP contribution is -2.38. The van der Waals surface area contributed by atoms with E-state index in [0.29, 0.717) is 12.1 Å². The zero-order valence-electron chi connectivity index (χ0n) is 12.6. The lowest BCUT2D eigenvalue weighted by Gasteiger charge is -2.32. The van der Waals surface area contributed by atoms with Crippen LogP contribution in [0.25, 0.3) is 0 Å². The molecule has 0 spiro atoms. The minimum atomic E-state index is 0.471. The van der Waals surface area contributed by atoms with E-state index >= 15 is 0 Å². The molecule has 1 heterocycles. The Morgan fingerprint density at radius 1 is 1.05 bits per heavy atom. The van der Waals surface area contributed by atoms with Crippen LogP contribution in [-0.4, -0.2) is 12.6 Å². The van der Waals surface area contributed by atoms with Crippen LogP contribution >= 0.6 is 0 Å². The van der Waals surface area contributed by atoms with Crippen LogP contribution in [0.1, 0.15) is 63.5 Å². The van der Waals surface area contributed by atoms with Gasteiger partial charge in [0.1, 0.15) is 5.75 Å². The molecule has 1 aromatic carbocycles. The Morgan fingerprint density at radius 3 is 2.60 bits per heavy atom. The van der Waals surface area contributed by atoms with E-state index in [1.54, 1.807) is 0 Å². The van der Waals surface area contributed by atoms with Crippen molar-refractivity contribution in [2.75, 3.05) is 6.61 Å². The quantitative estimate of drug-likeness (QED) is 0.821. The third-order valence-electron chi connectivity index (χ3n) is 5.03. The van der Waals surface area contributed by atoms with E-state index in [1.807, 2.05) is 0 Å². The largest absolute Gasteiger partial charge is 0.493 e. The average molecular weight is 273 g/mol. The summed E-state index contributed by atoms with van der Waals surface area (Å²) < 4.78 is 5.76. The molecule has 2 nitrogen and oxygen atoms in total. The number of rotatable bonds is 3. The lowest BCUT2D eigenvalue weighted by atomic mass is 9.91. The molecule has 1 N–H and O–H groups in total. The number of nitrogens with one attached hydrogen (secondary N) is 1. The monoisotopic (exact) mass is 273 g/mol. The molecule has 0 bridgehead atoms. The lowest BCUT2D eigenvalue weighted by molar-refractivity contribution is 0.227. The molecular formula is C18H27NO. The molecular weight excluding hydrogens is 246 g/mol. The summed E-state index contributed by atoms with van der Waals surface area (Å²) in [7, 11) is 0. The maximum absolute atomic E-state index is 5.76. The maximum Gasteiger partial charge on any atom is 0.124 e. The van der Waals surface area contributed by atoms with Crippen LogP contribution in [0.4, 0.5) is 0 Å². The van der Waals surface area contributed by atoms with E-state index in [-0.39, 0.29) is 0 Å². The third kappa shape index (κ3) is 3.17. The van der Waals surface area contributed by atoms with E-state index in [2.05, 4.69) is 36.5 Å². The fourth-order valence-electron chi connectivity index (χ4n) is 3.78. The zero-order chi connectivity index (χ0) is 13.8. The predicted octanol–water partition coefficient (Wildman–Crippen LogP) is 4.46. The number of hydrogen-bond donors (Lipinski definition) is 1. The van der Waals surface area contributed by atoms with Crippen molar-refractivity contribution in [2.24, 2.45) is 5.92 Å². The van der Waals surface area contributed by atoms with Crippen molar-refractivity contribution >= 4 is 0 Å². The van der Waals surface area contributed by atoms with Crippen LogP contribution in [0, 0.1) is 5.92 Å². The van der Waals surface area contributed by atoms with Gasteiger partial charge in [0.2, 0.25) is 0 Å².